The Morgan fingerprint density at radius 1 is 1.04 bits per heavy atom. The molecule has 0 bridgehead atoms. The molecule has 3 aliphatic heterocycles. The van der Waals surface area contributed by atoms with Crippen LogP contribution >= 0.6 is 0 Å². The highest BCUT2D eigenvalue weighted by atomic mass is 16.2. The number of anilines is 1. The normalized spacial score (nSPS) is 24.9. The fourth-order valence-corrected chi connectivity index (χ4v) is 4.37. The summed E-state index contributed by atoms with van der Waals surface area (Å²) in [5.74, 6) is 1.42. The monoisotopic (exact) mass is 343 g/mol. The van der Waals surface area contributed by atoms with Crippen molar-refractivity contribution in [2.24, 2.45) is 5.92 Å². The molecule has 0 N–H and O–H groups in total. The van der Waals surface area contributed by atoms with Crippen LogP contribution in [0, 0.1) is 5.92 Å². The minimum Gasteiger partial charge on any atom is -0.342 e. The second-order valence-electron chi connectivity index (χ2n) is 7.65. The molecule has 0 radical (unpaired) electrons. The maximum Gasteiger partial charge on any atom is 0.226 e. The van der Waals surface area contributed by atoms with Crippen molar-refractivity contribution in [2.75, 3.05) is 44.2 Å². The van der Waals surface area contributed by atoms with E-state index in [2.05, 4.69) is 19.7 Å². The van der Waals surface area contributed by atoms with Gasteiger partial charge in [-0.2, -0.15) is 0 Å². The number of nitrogens with zero attached hydrogens (tertiary/aromatic N) is 5. The van der Waals surface area contributed by atoms with Crippen molar-refractivity contribution in [3.63, 3.8) is 0 Å². The highest BCUT2D eigenvalue weighted by molar-refractivity contribution is 5.79. The van der Waals surface area contributed by atoms with Crippen molar-refractivity contribution in [1.82, 2.24) is 19.8 Å². The Morgan fingerprint density at radius 2 is 1.80 bits per heavy atom. The molecule has 3 saturated heterocycles. The molecule has 1 atom stereocenters. The van der Waals surface area contributed by atoms with Gasteiger partial charge in [-0.25, -0.2) is 9.97 Å². The summed E-state index contributed by atoms with van der Waals surface area (Å²) in [5.41, 5.74) is 1.08. The second kappa shape index (κ2) is 7.68. The quantitative estimate of drug-likeness (QED) is 0.836. The Labute approximate surface area is 150 Å². The number of hydrogen-bond acceptors (Lipinski definition) is 5. The van der Waals surface area contributed by atoms with Crippen LogP contribution in [-0.2, 0) is 11.3 Å². The largest absolute Gasteiger partial charge is 0.342 e. The van der Waals surface area contributed by atoms with Crippen molar-refractivity contribution >= 4 is 11.9 Å². The first-order valence-electron chi connectivity index (χ1n) is 9.87. The first-order chi connectivity index (χ1) is 12.3. The Hall–Kier alpha value is -1.69. The maximum atomic E-state index is 12.7. The van der Waals surface area contributed by atoms with Crippen molar-refractivity contribution < 1.29 is 4.79 Å². The molecule has 0 aromatic carbocycles. The summed E-state index contributed by atoms with van der Waals surface area (Å²) in [4.78, 5) is 28.7. The molecule has 6 nitrogen and oxygen atoms in total. The number of carbonyl (C=O) groups is 1. The molecule has 4 heterocycles. The molecular formula is C19H29N5O. The van der Waals surface area contributed by atoms with E-state index in [9.17, 15) is 4.79 Å². The van der Waals surface area contributed by atoms with E-state index in [1.54, 1.807) is 0 Å². The minimum atomic E-state index is 0.173. The Balaban J connectivity index is 1.37. The Bertz CT molecular complexity index is 595. The third-order valence-corrected chi connectivity index (χ3v) is 5.75. The van der Waals surface area contributed by atoms with E-state index in [1.165, 1.54) is 25.7 Å². The standard InChI is InChI=1S/C19H29N5O/c25-18(23-10-1-2-11-23)16-6-5-9-22(14-16)15-17-7-8-20-19(21-17)24-12-3-4-13-24/h7-8,16H,1-6,9-15H2. The van der Waals surface area contributed by atoms with Gasteiger partial charge in [0.1, 0.15) is 0 Å². The van der Waals surface area contributed by atoms with Gasteiger partial charge in [0.25, 0.3) is 0 Å². The van der Waals surface area contributed by atoms with Crippen LogP contribution in [-0.4, -0.2) is 64.9 Å². The molecule has 3 fully saturated rings. The topological polar surface area (TPSA) is 52.6 Å². The van der Waals surface area contributed by atoms with Gasteiger partial charge in [-0.1, -0.05) is 0 Å². The fourth-order valence-electron chi connectivity index (χ4n) is 4.37. The number of carbonyl (C=O) groups excluding carboxylic acids is 1. The molecule has 3 aliphatic rings. The highest BCUT2D eigenvalue weighted by Crippen LogP contribution is 2.23. The van der Waals surface area contributed by atoms with E-state index in [-0.39, 0.29) is 5.92 Å². The smallest absolute Gasteiger partial charge is 0.226 e. The lowest BCUT2D eigenvalue weighted by atomic mass is 9.96. The summed E-state index contributed by atoms with van der Waals surface area (Å²) in [6.45, 7) is 6.82. The summed E-state index contributed by atoms with van der Waals surface area (Å²) in [6, 6.07) is 2.02. The lowest BCUT2D eigenvalue weighted by molar-refractivity contribution is -0.136. The van der Waals surface area contributed by atoms with E-state index in [1.807, 2.05) is 12.3 Å². The predicted octanol–water partition coefficient (Wildman–Crippen LogP) is 1.91. The molecule has 1 aromatic heterocycles. The van der Waals surface area contributed by atoms with Gasteiger partial charge in [-0.15, -0.1) is 0 Å². The highest BCUT2D eigenvalue weighted by Gasteiger charge is 2.30. The zero-order valence-corrected chi connectivity index (χ0v) is 15.1. The average Bonchev–Trinajstić information content (AvgIpc) is 3.35. The van der Waals surface area contributed by atoms with E-state index < -0.39 is 0 Å². The van der Waals surface area contributed by atoms with Crippen LogP contribution in [0.1, 0.15) is 44.2 Å². The molecule has 1 amide bonds. The van der Waals surface area contributed by atoms with Gasteiger partial charge >= 0.3 is 0 Å². The van der Waals surface area contributed by atoms with Crippen molar-refractivity contribution in [1.29, 1.82) is 0 Å². The lowest BCUT2D eigenvalue weighted by Crippen LogP contribution is -2.43. The van der Waals surface area contributed by atoms with Crippen LogP contribution in [0.25, 0.3) is 0 Å². The average molecular weight is 343 g/mol. The Kier molecular flexibility index (Phi) is 5.15. The number of likely N-dealkylation sites (tertiary alicyclic amines) is 2. The van der Waals surface area contributed by atoms with Gasteiger partial charge in [-0.05, 0) is 51.1 Å². The molecule has 0 saturated carbocycles. The van der Waals surface area contributed by atoms with Crippen LogP contribution in [0.4, 0.5) is 5.95 Å². The molecule has 0 aliphatic carbocycles. The van der Waals surface area contributed by atoms with Crippen molar-refractivity contribution in [3.8, 4) is 0 Å². The van der Waals surface area contributed by atoms with E-state index >= 15 is 0 Å². The zero-order valence-electron chi connectivity index (χ0n) is 15.1. The number of aromatic nitrogens is 2. The summed E-state index contributed by atoms with van der Waals surface area (Å²) in [7, 11) is 0. The first-order valence-corrected chi connectivity index (χ1v) is 9.87. The summed E-state index contributed by atoms with van der Waals surface area (Å²) in [5, 5.41) is 0. The zero-order chi connectivity index (χ0) is 17.1. The number of hydrogen-bond donors (Lipinski definition) is 0. The number of piperidine rings is 1. The molecule has 1 aromatic rings. The van der Waals surface area contributed by atoms with E-state index in [0.717, 1.165) is 70.3 Å². The van der Waals surface area contributed by atoms with Crippen LogP contribution in [0.2, 0.25) is 0 Å². The second-order valence-corrected chi connectivity index (χ2v) is 7.65. The summed E-state index contributed by atoms with van der Waals surface area (Å²) < 4.78 is 0. The first kappa shape index (κ1) is 16.8. The molecule has 25 heavy (non-hydrogen) atoms. The molecule has 4 rings (SSSR count). The van der Waals surface area contributed by atoms with Crippen molar-refractivity contribution in [3.05, 3.63) is 18.0 Å². The predicted molar refractivity (Wildman–Crippen MR) is 97.3 cm³/mol. The van der Waals surface area contributed by atoms with Crippen molar-refractivity contribution in [2.45, 2.75) is 45.1 Å². The summed E-state index contributed by atoms with van der Waals surface area (Å²) >= 11 is 0. The van der Waals surface area contributed by atoms with Gasteiger partial charge in [-0.3, -0.25) is 9.69 Å². The van der Waals surface area contributed by atoms with E-state index in [0.29, 0.717) is 5.91 Å². The van der Waals surface area contributed by atoms with Gasteiger partial charge in [0.05, 0.1) is 11.6 Å². The molecule has 6 heteroatoms. The summed E-state index contributed by atoms with van der Waals surface area (Å²) in [6.07, 6.45) is 8.83. The maximum absolute atomic E-state index is 12.7. The third-order valence-electron chi connectivity index (χ3n) is 5.75. The van der Waals surface area contributed by atoms with Gasteiger partial charge in [0.15, 0.2) is 0 Å². The molecule has 136 valence electrons. The number of rotatable bonds is 4. The lowest BCUT2D eigenvalue weighted by Gasteiger charge is -2.33. The molecule has 0 spiro atoms. The van der Waals surface area contributed by atoms with Crippen LogP contribution in [0.5, 0.6) is 0 Å². The van der Waals surface area contributed by atoms with E-state index in [4.69, 9.17) is 4.98 Å². The van der Waals surface area contributed by atoms with Gasteiger partial charge in [0, 0.05) is 45.5 Å². The SMILES string of the molecule is O=C(C1CCCN(Cc2ccnc(N3CCCC3)n2)C1)N1CCCC1. The fraction of sp³-hybridized carbons (Fsp3) is 0.737. The molecular weight excluding hydrogens is 314 g/mol. The van der Waals surface area contributed by atoms with Crippen LogP contribution < -0.4 is 4.90 Å². The molecule has 1 unspecified atom stereocenters. The van der Waals surface area contributed by atoms with Crippen LogP contribution in [0.15, 0.2) is 12.3 Å². The third kappa shape index (κ3) is 3.94. The Morgan fingerprint density at radius 3 is 2.60 bits per heavy atom. The van der Waals surface area contributed by atoms with Gasteiger partial charge in [0.2, 0.25) is 11.9 Å². The van der Waals surface area contributed by atoms with Gasteiger partial charge < -0.3 is 9.80 Å². The van der Waals surface area contributed by atoms with Crippen LogP contribution in [0.3, 0.4) is 0 Å². The minimum absolute atomic E-state index is 0.173. The number of amides is 1.